The standard InChI is InChI=1S/C5H10N2O2/c1-7-3-2-6-4(8)5(7)9/h4,6,8H,2-3H2,1H3. The van der Waals surface area contributed by atoms with Crippen molar-refractivity contribution in [1.82, 2.24) is 10.2 Å². The van der Waals surface area contributed by atoms with E-state index in [1.807, 2.05) is 0 Å². The van der Waals surface area contributed by atoms with Crippen LogP contribution in [0.25, 0.3) is 0 Å². The Kier molecular flexibility index (Phi) is 1.68. The predicted molar refractivity (Wildman–Crippen MR) is 31.6 cm³/mol. The minimum Gasteiger partial charge on any atom is -0.370 e. The highest BCUT2D eigenvalue weighted by Crippen LogP contribution is 1.93. The Morgan fingerprint density at radius 1 is 1.89 bits per heavy atom. The van der Waals surface area contributed by atoms with Crippen LogP contribution < -0.4 is 5.32 Å². The molecule has 0 aromatic heterocycles. The number of hydrogen-bond acceptors (Lipinski definition) is 3. The fraction of sp³-hybridized carbons (Fsp3) is 0.800. The molecular weight excluding hydrogens is 120 g/mol. The van der Waals surface area contributed by atoms with Crippen molar-refractivity contribution >= 4 is 5.91 Å². The number of amides is 1. The van der Waals surface area contributed by atoms with Crippen LogP contribution in [-0.4, -0.2) is 42.3 Å². The van der Waals surface area contributed by atoms with Crippen LogP contribution in [0.15, 0.2) is 0 Å². The second-order valence-corrected chi connectivity index (χ2v) is 2.12. The van der Waals surface area contributed by atoms with Gasteiger partial charge in [0.15, 0.2) is 6.23 Å². The van der Waals surface area contributed by atoms with Crippen molar-refractivity contribution < 1.29 is 9.90 Å². The van der Waals surface area contributed by atoms with E-state index >= 15 is 0 Å². The lowest BCUT2D eigenvalue weighted by Crippen LogP contribution is -2.53. The lowest BCUT2D eigenvalue weighted by Gasteiger charge is -2.26. The normalized spacial score (nSPS) is 28.9. The quantitative estimate of drug-likeness (QED) is 0.414. The molecule has 0 radical (unpaired) electrons. The summed E-state index contributed by atoms with van der Waals surface area (Å²) in [6.45, 7) is 1.35. The Balaban J connectivity index is 2.52. The number of aliphatic hydroxyl groups excluding tert-OH is 1. The molecule has 2 N–H and O–H groups in total. The summed E-state index contributed by atoms with van der Waals surface area (Å²) in [7, 11) is 1.67. The van der Waals surface area contributed by atoms with Gasteiger partial charge < -0.3 is 10.0 Å². The summed E-state index contributed by atoms with van der Waals surface area (Å²) in [5, 5.41) is 11.5. The lowest BCUT2D eigenvalue weighted by molar-refractivity contribution is -0.143. The monoisotopic (exact) mass is 130 g/mol. The second kappa shape index (κ2) is 2.33. The van der Waals surface area contributed by atoms with Crippen molar-refractivity contribution in [2.45, 2.75) is 6.23 Å². The summed E-state index contributed by atoms with van der Waals surface area (Å²) in [5.74, 6) is -0.249. The maximum absolute atomic E-state index is 10.7. The van der Waals surface area contributed by atoms with E-state index in [9.17, 15) is 4.79 Å². The minimum atomic E-state index is -0.983. The molecular formula is C5H10N2O2. The Hall–Kier alpha value is -0.610. The summed E-state index contributed by atoms with van der Waals surface area (Å²) in [6, 6.07) is 0. The van der Waals surface area contributed by atoms with E-state index in [4.69, 9.17) is 5.11 Å². The first-order chi connectivity index (χ1) is 4.22. The molecule has 0 aliphatic carbocycles. The zero-order valence-corrected chi connectivity index (χ0v) is 5.29. The summed E-state index contributed by atoms with van der Waals surface area (Å²) in [4.78, 5) is 12.2. The number of nitrogens with zero attached hydrogens (tertiary/aromatic N) is 1. The van der Waals surface area contributed by atoms with Gasteiger partial charge in [-0.2, -0.15) is 0 Å². The van der Waals surface area contributed by atoms with E-state index in [1.165, 1.54) is 4.90 Å². The van der Waals surface area contributed by atoms with Gasteiger partial charge in [0.25, 0.3) is 5.91 Å². The van der Waals surface area contributed by atoms with Gasteiger partial charge in [0.1, 0.15) is 0 Å². The topological polar surface area (TPSA) is 52.6 Å². The number of piperazine rings is 1. The van der Waals surface area contributed by atoms with Crippen molar-refractivity contribution in [3.05, 3.63) is 0 Å². The van der Waals surface area contributed by atoms with E-state index in [0.717, 1.165) is 0 Å². The minimum absolute atomic E-state index is 0.249. The van der Waals surface area contributed by atoms with Gasteiger partial charge in [0.2, 0.25) is 0 Å². The Morgan fingerprint density at radius 2 is 2.56 bits per heavy atom. The highest BCUT2D eigenvalue weighted by Gasteiger charge is 2.22. The van der Waals surface area contributed by atoms with E-state index in [1.54, 1.807) is 7.05 Å². The number of likely N-dealkylation sites (N-methyl/N-ethyl adjacent to an activating group) is 1. The van der Waals surface area contributed by atoms with Crippen molar-refractivity contribution in [2.24, 2.45) is 0 Å². The molecule has 52 valence electrons. The summed E-state index contributed by atoms with van der Waals surface area (Å²) < 4.78 is 0. The van der Waals surface area contributed by atoms with Crippen molar-refractivity contribution in [3.8, 4) is 0 Å². The molecule has 1 fully saturated rings. The van der Waals surface area contributed by atoms with E-state index in [0.29, 0.717) is 13.1 Å². The molecule has 0 spiro atoms. The van der Waals surface area contributed by atoms with Gasteiger partial charge in [-0.25, -0.2) is 0 Å². The fourth-order valence-electron chi connectivity index (χ4n) is 0.775. The van der Waals surface area contributed by atoms with Gasteiger partial charge in [-0.05, 0) is 0 Å². The van der Waals surface area contributed by atoms with Crippen molar-refractivity contribution in [2.75, 3.05) is 20.1 Å². The van der Waals surface area contributed by atoms with Crippen molar-refractivity contribution in [3.63, 3.8) is 0 Å². The smallest absolute Gasteiger partial charge is 0.266 e. The zero-order valence-electron chi connectivity index (χ0n) is 5.29. The van der Waals surface area contributed by atoms with Crippen LogP contribution >= 0.6 is 0 Å². The third-order valence-corrected chi connectivity index (χ3v) is 1.40. The van der Waals surface area contributed by atoms with E-state index < -0.39 is 6.23 Å². The lowest BCUT2D eigenvalue weighted by atomic mass is 10.3. The van der Waals surface area contributed by atoms with Gasteiger partial charge >= 0.3 is 0 Å². The Labute approximate surface area is 53.5 Å². The van der Waals surface area contributed by atoms with Crippen molar-refractivity contribution in [1.29, 1.82) is 0 Å². The molecule has 9 heavy (non-hydrogen) atoms. The molecule has 1 amide bonds. The van der Waals surface area contributed by atoms with E-state index in [-0.39, 0.29) is 5.91 Å². The Bertz CT molecular complexity index is 114. The number of rotatable bonds is 0. The summed E-state index contributed by atoms with van der Waals surface area (Å²) in [5.41, 5.74) is 0. The molecule has 0 aromatic carbocycles. The molecule has 4 nitrogen and oxygen atoms in total. The van der Waals surface area contributed by atoms with Gasteiger partial charge in [-0.15, -0.1) is 0 Å². The second-order valence-electron chi connectivity index (χ2n) is 2.12. The molecule has 1 rings (SSSR count). The molecule has 0 saturated carbocycles. The fourth-order valence-corrected chi connectivity index (χ4v) is 0.775. The Morgan fingerprint density at radius 3 is 3.00 bits per heavy atom. The summed E-state index contributed by atoms with van der Waals surface area (Å²) >= 11 is 0. The first-order valence-electron chi connectivity index (χ1n) is 2.88. The third-order valence-electron chi connectivity index (χ3n) is 1.40. The number of nitrogens with one attached hydrogen (secondary N) is 1. The molecule has 1 unspecified atom stereocenters. The molecule has 1 aliphatic rings. The van der Waals surface area contributed by atoms with Crippen LogP contribution in [0.2, 0.25) is 0 Å². The van der Waals surface area contributed by atoms with Crippen LogP contribution in [0.3, 0.4) is 0 Å². The van der Waals surface area contributed by atoms with Gasteiger partial charge in [0, 0.05) is 20.1 Å². The molecule has 1 aliphatic heterocycles. The maximum atomic E-state index is 10.7. The average molecular weight is 130 g/mol. The number of aliphatic hydroxyl groups is 1. The number of carbonyl (C=O) groups excluding carboxylic acids is 1. The average Bonchev–Trinajstić information content (AvgIpc) is 1.83. The largest absolute Gasteiger partial charge is 0.370 e. The molecule has 1 heterocycles. The predicted octanol–water partition coefficient (Wildman–Crippen LogP) is -1.63. The van der Waals surface area contributed by atoms with Gasteiger partial charge in [-0.1, -0.05) is 0 Å². The molecule has 4 heteroatoms. The highest BCUT2D eigenvalue weighted by molar-refractivity contribution is 5.80. The number of carbonyl (C=O) groups is 1. The molecule has 1 atom stereocenters. The van der Waals surface area contributed by atoms with E-state index in [2.05, 4.69) is 5.32 Å². The van der Waals surface area contributed by atoms with Crippen LogP contribution in [0.4, 0.5) is 0 Å². The summed E-state index contributed by atoms with van der Waals surface area (Å²) in [6.07, 6.45) is -0.983. The zero-order chi connectivity index (χ0) is 6.85. The van der Waals surface area contributed by atoms with Crippen LogP contribution in [0.5, 0.6) is 0 Å². The first kappa shape index (κ1) is 6.51. The molecule has 0 aromatic rings. The van der Waals surface area contributed by atoms with Gasteiger partial charge in [0.05, 0.1) is 0 Å². The number of hydrogen-bond donors (Lipinski definition) is 2. The first-order valence-corrected chi connectivity index (χ1v) is 2.88. The third kappa shape index (κ3) is 1.20. The highest BCUT2D eigenvalue weighted by atomic mass is 16.3. The van der Waals surface area contributed by atoms with Crippen LogP contribution in [-0.2, 0) is 4.79 Å². The maximum Gasteiger partial charge on any atom is 0.266 e. The molecule has 0 bridgehead atoms. The van der Waals surface area contributed by atoms with Crippen LogP contribution in [0, 0.1) is 0 Å². The van der Waals surface area contributed by atoms with Gasteiger partial charge in [-0.3, -0.25) is 10.1 Å². The molecule has 1 saturated heterocycles. The SMILES string of the molecule is CN1CCNC(O)C1=O. The van der Waals surface area contributed by atoms with Crippen LogP contribution in [0.1, 0.15) is 0 Å².